The highest BCUT2D eigenvalue weighted by Crippen LogP contribution is 2.44. The number of benzene rings is 4. The van der Waals surface area contributed by atoms with Crippen molar-refractivity contribution in [3.63, 3.8) is 0 Å². The number of aromatic amines is 1. The van der Waals surface area contributed by atoms with Crippen LogP contribution < -0.4 is 24.9 Å². The number of carbonyl (C=O) groups is 1. The predicted molar refractivity (Wildman–Crippen MR) is 206 cm³/mol. The zero-order chi connectivity index (χ0) is 39.2. The molecule has 0 bridgehead atoms. The summed E-state index contributed by atoms with van der Waals surface area (Å²) in [4.78, 5) is 32.6. The molecule has 1 saturated heterocycles. The van der Waals surface area contributed by atoms with E-state index >= 15 is 0 Å². The molecule has 16 heteroatoms. The Hall–Kier alpha value is -5.99. The lowest BCUT2D eigenvalue weighted by Crippen LogP contribution is -2.35. The fraction of sp³-hybridized carbons (Fsp3) is 0.275. The summed E-state index contributed by atoms with van der Waals surface area (Å²) < 4.78 is 50.9. The van der Waals surface area contributed by atoms with E-state index in [9.17, 15) is 14.2 Å². The first-order valence-electron chi connectivity index (χ1n) is 17.9. The third kappa shape index (κ3) is 8.02. The van der Waals surface area contributed by atoms with Crippen LogP contribution in [0.3, 0.4) is 0 Å². The van der Waals surface area contributed by atoms with Crippen molar-refractivity contribution in [2.24, 2.45) is 5.92 Å². The van der Waals surface area contributed by atoms with Crippen molar-refractivity contribution in [1.29, 1.82) is 0 Å². The summed E-state index contributed by atoms with van der Waals surface area (Å²) in [6.07, 6.45) is -2.54. The topological polar surface area (TPSA) is 178 Å². The highest BCUT2D eigenvalue weighted by atomic mass is 31.1. The van der Waals surface area contributed by atoms with Gasteiger partial charge in [0.05, 0.1) is 26.9 Å². The van der Waals surface area contributed by atoms with E-state index in [1.54, 1.807) is 52.3 Å². The molecule has 0 aliphatic carbocycles. The molecule has 6 aromatic rings. The molecule has 0 radical (unpaired) electrons. The summed E-state index contributed by atoms with van der Waals surface area (Å²) in [5.41, 5.74) is 0.622. The summed E-state index contributed by atoms with van der Waals surface area (Å²) in [5, 5.41) is 10.9. The lowest BCUT2D eigenvalue weighted by atomic mass is 9.80. The Morgan fingerprint density at radius 3 is 2.07 bits per heavy atom. The van der Waals surface area contributed by atoms with Gasteiger partial charge in [-0.3, -0.25) is 19.9 Å². The van der Waals surface area contributed by atoms with Gasteiger partial charge in [-0.1, -0.05) is 91.9 Å². The highest BCUT2D eigenvalue weighted by Gasteiger charge is 2.47. The van der Waals surface area contributed by atoms with Crippen LogP contribution in [-0.2, 0) is 29.0 Å². The van der Waals surface area contributed by atoms with Gasteiger partial charge < -0.3 is 18.9 Å². The van der Waals surface area contributed by atoms with E-state index in [1.165, 1.54) is 4.68 Å². The van der Waals surface area contributed by atoms with Crippen molar-refractivity contribution in [3.8, 4) is 17.2 Å². The van der Waals surface area contributed by atoms with Crippen LogP contribution >= 0.6 is 8.25 Å². The molecule has 4 atom stereocenters. The lowest BCUT2D eigenvalue weighted by Gasteiger charge is -2.37. The standard InChI is InChI=1S/C40H39N6O9P/c1-25(2)36(47)42-39-41-35-34(37(48)43-39)44-45-46(35)38-33(55-56(49)54-31-13-9-6-10-14-31)23-32(53-38)24-52-40(26-11-7-5-8-12-26,27-15-19-29(50-3)20-16-27)28-17-21-30(51-4)22-18-28/h5-22,25,32-33,38H,23-24H2,1-4H3,(H-,41,42,43,45,47,48)/p+1/t32-,33-,38+/m0/s1. The third-order valence-electron chi connectivity index (χ3n) is 9.29. The molecule has 7 rings (SSSR count). The SMILES string of the molecule is COc1ccc(C(OC[C@@H]2C[C@H](O[P+](=O)Oc3ccccc3)[C@H](n3nnc4c(=O)[nH]c(NC(=O)C(C)C)nc43)O2)(c2ccccc2)c2ccc(OC)cc2)cc1. The predicted octanol–water partition coefficient (Wildman–Crippen LogP) is 6.54. The fourth-order valence-electron chi connectivity index (χ4n) is 6.46. The number of methoxy groups -OCH3 is 2. The molecule has 4 aromatic carbocycles. The van der Waals surface area contributed by atoms with Crippen LogP contribution in [-0.4, -0.2) is 63.9 Å². The van der Waals surface area contributed by atoms with E-state index in [2.05, 4.69) is 25.6 Å². The number of nitrogens with zero attached hydrogens (tertiary/aromatic N) is 4. The molecular weight excluding hydrogens is 739 g/mol. The van der Waals surface area contributed by atoms with Gasteiger partial charge in [-0.2, -0.15) is 9.67 Å². The van der Waals surface area contributed by atoms with Crippen LogP contribution in [0.15, 0.2) is 114 Å². The van der Waals surface area contributed by atoms with Gasteiger partial charge >= 0.3 is 8.25 Å². The molecule has 1 amide bonds. The Kier molecular flexibility index (Phi) is 11.5. The van der Waals surface area contributed by atoms with Crippen molar-refractivity contribution in [1.82, 2.24) is 25.0 Å². The lowest BCUT2D eigenvalue weighted by molar-refractivity contribution is -0.118. The number of anilines is 1. The number of fused-ring (bicyclic) bond motifs is 1. The maximum atomic E-state index is 13.4. The Balaban J connectivity index is 1.26. The van der Waals surface area contributed by atoms with Crippen LogP contribution in [0.1, 0.15) is 43.2 Å². The summed E-state index contributed by atoms with van der Waals surface area (Å²) >= 11 is 0. The number of nitrogens with one attached hydrogen (secondary N) is 2. The van der Waals surface area contributed by atoms with Gasteiger partial charge in [0, 0.05) is 16.9 Å². The Labute approximate surface area is 322 Å². The summed E-state index contributed by atoms with van der Waals surface area (Å²) in [7, 11) is 0.501. The number of aromatic nitrogens is 5. The van der Waals surface area contributed by atoms with Crippen molar-refractivity contribution >= 4 is 31.3 Å². The molecule has 288 valence electrons. The first kappa shape index (κ1) is 38.3. The van der Waals surface area contributed by atoms with E-state index in [1.807, 2.05) is 84.9 Å². The zero-order valence-corrected chi connectivity index (χ0v) is 31.9. The monoisotopic (exact) mass is 779 g/mol. The van der Waals surface area contributed by atoms with Gasteiger partial charge in [0.25, 0.3) is 5.56 Å². The Bertz CT molecular complexity index is 2290. The minimum atomic E-state index is -2.72. The number of amides is 1. The molecule has 0 saturated carbocycles. The quantitative estimate of drug-likeness (QED) is 0.0851. The summed E-state index contributed by atoms with van der Waals surface area (Å²) in [5.74, 6) is 0.881. The van der Waals surface area contributed by atoms with Crippen molar-refractivity contribution < 1.29 is 37.4 Å². The Morgan fingerprint density at radius 1 is 0.893 bits per heavy atom. The fourth-order valence-corrected chi connectivity index (χ4v) is 7.21. The van der Waals surface area contributed by atoms with Gasteiger partial charge in [0.15, 0.2) is 29.2 Å². The summed E-state index contributed by atoms with van der Waals surface area (Å²) in [6, 6.07) is 33.7. The number of rotatable bonds is 15. The second kappa shape index (κ2) is 16.8. The molecule has 1 aliphatic rings. The third-order valence-corrected chi connectivity index (χ3v) is 10.1. The van der Waals surface area contributed by atoms with E-state index in [0.717, 1.165) is 16.7 Å². The molecular formula is C40H40N6O9P+. The van der Waals surface area contributed by atoms with Gasteiger partial charge in [0.1, 0.15) is 17.1 Å². The minimum Gasteiger partial charge on any atom is -0.497 e. The Morgan fingerprint density at radius 2 is 1.48 bits per heavy atom. The molecule has 15 nitrogen and oxygen atoms in total. The van der Waals surface area contributed by atoms with Crippen molar-refractivity contribution in [2.75, 3.05) is 26.1 Å². The molecule has 1 aliphatic heterocycles. The average Bonchev–Trinajstić information content (AvgIpc) is 3.83. The molecule has 56 heavy (non-hydrogen) atoms. The summed E-state index contributed by atoms with van der Waals surface area (Å²) in [6.45, 7) is 3.43. The number of para-hydroxylation sites is 1. The second-order valence-electron chi connectivity index (χ2n) is 13.2. The normalized spacial score (nSPS) is 17.2. The molecule has 2 N–H and O–H groups in total. The van der Waals surface area contributed by atoms with Crippen LogP contribution in [0.4, 0.5) is 5.95 Å². The van der Waals surface area contributed by atoms with E-state index in [-0.39, 0.29) is 42.0 Å². The van der Waals surface area contributed by atoms with Crippen molar-refractivity contribution in [3.05, 3.63) is 136 Å². The average molecular weight is 780 g/mol. The second-order valence-corrected chi connectivity index (χ2v) is 14.1. The molecule has 2 aromatic heterocycles. The first-order chi connectivity index (χ1) is 27.2. The van der Waals surface area contributed by atoms with Gasteiger partial charge in [0.2, 0.25) is 11.9 Å². The number of hydrogen-bond acceptors (Lipinski definition) is 12. The molecule has 3 heterocycles. The molecule has 1 unspecified atom stereocenters. The number of hydrogen-bond donors (Lipinski definition) is 2. The highest BCUT2D eigenvalue weighted by molar-refractivity contribution is 7.33. The van der Waals surface area contributed by atoms with Crippen LogP contribution in [0.2, 0.25) is 0 Å². The van der Waals surface area contributed by atoms with Gasteiger partial charge in [-0.25, -0.2) is 4.52 Å². The first-order valence-corrected chi connectivity index (χ1v) is 18.9. The largest absolute Gasteiger partial charge is 0.750 e. The molecule has 0 spiro atoms. The zero-order valence-electron chi connectivity index (χ0n) is 31.0. The van der Waals surface area contributed by atoms with Gasteiger partial charge in [-0.15, -0.1) is 9.62 Å². The van der Waals surface area contributed by atoms with E-state index < -0.39 is 37.9 Å². The van der Waals surface area contributed by atoms with Crippen molar-refractivity contribution in [2.45, 2.75) is 44.3 Å². The maximum Gasteiger partial charge on any atom is 0.750 e. The van der Waals surface area contributed by atoms with Gasteiger partial charge in [-0.05, 0) is 53.1 Å². The van der Waals surface area contributed by atoms with E-state index in [4.69, 9.17) is 28.0 Å². The number of ether oxygens (including phenoxy) is 4. The number of H-pyrrole nitrogens is 1. The van der Waals surface area contributed by atoms with Crippen LogP contribution in [0, 0.1) is 5.92 Å². The molecule has 1 fully saturated rings. The van der Waals surface area contributed by atoms with E-state index in [0.29, 0.717) is 17.2 Å². The van der Waals surface area contributed by atoms with Crippen LogP contribution in [0.5, 0.6) is 17.2 Å². The minimum absolute atomic E-state index is 0.00990. The maximum absolute atomic E-state index is 13.4. The van der Waals surface area contributed by atoms with Crippen LogP contribution in [0.25, 0.3) is 11.2 Å². The number of carbonyl (C=O) groups excluding carboxylic acids is 1. The smallest absolute Gasteiger partial charge is 0.497 e.